The first-order valence-electron chi connectivity index (χ1n) is 8.28. The van der Waals surface area contributed by atoms with Crippen LogP contribution < -0.4 is 5.32 Å². The minimum Gasteiger partial charge on any atom is -0.311 e. The van der Waals surface area contributed by atoms with Crippen molar-refractivity contribution in [1.29, 1.82) is 5.26 Å². The van der Waals surface area contributed by atoms with E-state index in [2.05, 4.69) is 29.3 Å². The van der Waals surface area contributed by atoms with Crippen LogP contribution >= 0.6 is 0 Å². The lowest BCUT2D eigenvalue weighted by atomic mass is 9.97. The van der Waals surface area contributed by atoms with Gasteiger partial charge in [0.1, 0.15) is 0 Å². The van der Waals surface area contributed by atoms with Crippen LogP contribution in [-0.2, 0) is 6.54 Å². The number of benzene rings is 1. The summed E-state index contributed by atoms with van der Waals surface area (Å²) >= 11 is 0. The Morgan fingerprint density at radius 2 is 1.95 bits per heavy atom. The Balaban J connectivity index is 1.74. The van der Waals surface area contributed by atoms with E-state index in [4.69, 9.17) is 0 Å². The molecule has 2 unspecified atom stereocenters. The normalized spacial score (nSPS) is 27.8. The third-order valence-electron chi connectivity index (χ3n) is 4.99. The van der Waals surface area contributed by atoms with Gasteiger partial charge in [0.25, 0.3) is 0 Å². The summed E-state index contributed by atoms with van der Waals surface area (Å²) in [5.74, 6) is 0. The summed E-state index contributed by atoms with van der Waals surface area (Å²) < 4.78 is 0. The number of fused-ring (bicyclic) bond motifs is 2. The highest BCUT2D eigenvalue weighted by Gasteiger charge is 2.35. The average molecular weight is 283 g/mol. The number of nitriles is 1. The molecular weight excluding hydrogens is 258 g/mol. The molecule has 2 fully saturated rings. The Morgan fingerprint density at radius 1 is 1.24 bits per heavy atom. The second-order valence-electron chi connectivity index (χ2n) is 6.50. The van der Waals surface area contributed by atoms with Gasteiger partial charge in [0.15, 0.2) is 0 Å². The summed E-state index contributed by atoms with van der Waals surface area (Å²) in [6.07, 6.45) is 6.40. The van der Waals surface area contributed by atoms with Gasteiger partial charge in [-0.15, -0.1) is 0 Å². The molecule has 0 spiro atoms. The summed E-state index contributed by atoms with van der Waals surface area (Å²) in [6.45, 7) is 4.30. The van der Waals surface area contributed by atoms with Crippen molar-refractivity contribution < 1.29 is 0 Å². The van der Waals surface area contributed by atoms with Crippen LogP contribution in [0.25, 0.3) is 0 Å². The lowest BCUT2D eigenvalue weighted by Crippen LogP contribution is -2.48. The minimum absolute atomic E-state index is 0.676. The molecule has 112 valence electrons. The largest absolute Gasteiger partial charge is 0.311 e. The van der Waals surface area contributed by atoms with Crippen LogP contribution in [0, 0.1) is 11.3 Å². The molecule has 2 atom stereocenters. The summed E-state index contributed by atoms with van der Waals surface area (Å²) in [6, 6.07) is 12.5. The highest BCUT2D eigenvalue weighted by atomic mass is 15.2. The monoisotopic (exact) mass is 283 g/mol. The second-order valence-corrected chi connectivity index (χ2v) is 6.50. The first-order chi connectivity index (χ1) is 10.3. The van der Waals surface area contributed by atoms with E-state index >= 15 is 0 Å². The molecule has 0 amide bonds. The zero-order chi connectivity index (χ0) is 14.7. The van der Waals surface area contributed by atoms with E-state index in [1.807, 2.05) is 18.2 Å². The van der Waals surface area contributed by atoms with Crippen molar-refractivity contribution in [1.82, 2.24) is 10.2 Å². The van der Waals surface area contributed by atoms with Crippen molar-refractivity contribution in [2.45, 2.75) is 63.7 Å². The topological polar surface area (TPSA) is 39.1 Å². The summed E-state index contributed by atoms with van der Waals surface area (Å²) in [5.41, 5.74) is 2.01. The van der Waals surface area contributed by atoms with E-state index in [1.54, 1.807) is 0 Å². The molecule has 2 aliphatic heterocycles. The van der Waals surface area contributed by atoms with Crippen molar-refractivity contribution >= 4 is 0 Å². The molecule has 3 heteroatoms. The van der Waals surface area contributed by atoms with Gasteiger partial charge in [0.05, 0.1) is 11.6 Å². The van der Waals surface area contributed by atoms with Gasteiger partial charge in [-0.3, -0.25) is 4.90 Å². The smallest absolute Gasteiger partial charge is 0.0995 e. The quantitative estimate of drug-likeness (QED) is 0.902. The average Bonchev–Trinajstić information content (AvgIpc) is 2.85. The fraction of sp³-hybridized carbons (Fsp3) is 0.611. The van der Waals surface area contributed by atoms with Crippen molar-refractivity contribution in [2.24, 2.45) is 0 Å². The fourth-order valence-corrected chi connectivity index (χ4v) is 3.99. The summed E-state index contributed by atoms with van der Waals surface area (Å²) in [7, 11) is 0. The predicted octanol–water partition coefficient (Wildman–Crippen LogP) is 3.05. The second kappa shape index (κ2) is 6.60. The standard InChI is InChI=1S/C18H25N3/c1-2-9-21(13-15-6-4-3-5-14(15)12-19)18-10-16-7-8-17(11-18)20-16/h3-6,16-18,20H,2,7-11,13H2,1H3. The maximum atomic E-state index is 9.29. The van der Waals surface area contributed by atoms with Gasteiger partial charge in [-0.05, 0) is 50.3 Å². The Kier molecular flexibility index (Phi) is 4.57. The van der Waals surface area contributed by atoms with Crippen LogP contribution in [0.2, 0.25) is 0 Å². The molecule has 0 aliphatic carbocycles. The fourth-order valence-electron chi connectivity index (χ4n) is 3.99. The molecule has 21 heavy (non-hydrogen) atoms. The predicted molar refractivity (Wildman–Crippen MR) is 84.8 cm³/mol. The molecular formula is C18H25N3. The lowest BCUT2D eigenvalue weighted by Gasteiger charge is -2.38. The number of hydrogen-bond donors (Lipinski definition) is 1. The van der Waals surface area contributed by atoms with E-state index in [9.17, 15) is 5.26 Å². The third-order valence-corrected chi connectivity index (χ3v) is 4.99. The Morgan fingerprint density at radius 3 is 2.62 bits per heavy atom. The lowest BCUT2D eigenvalue weighted by molar-refractivity contribution is 0.134. The molecule has 2 heterocycles. The van der Waals surface area contributed by atoms with Crippen LogP contribution in [-0.4, -0.2) is 29.6 Å². The number of nitrogens with zero attached hydrogens (tertiary/aromatic N) is 2. The molecule has 2 saturated heterocycles. The van der Waals surface area contributed by atoms with Gasteiger partial charge < -0.3 is 5.32 Å². The van der Waals surface area contributed by atoms with Crippen LogP contribution in [0.3, 0.4) is 0 Å². The van der Waals surface area contributed by atoms with Crippen molar-refractivity contribution in [3.8, 4) is 6.07 Å². The van der Waals surface area contributed by atoms with Gasteiger partial charge in [-0.25, -0.2) is 0 Å². The Hall–Kier alpha value is -1.37. The first-order valence-corrected chi connectivity index (χ1v) is 8.28. The Bertz CT molecular complexity index is 507. The van der Waals surface area contributed by atoms with E-state index in [-0.39, 0.29) is 0 Å². The number of rotatable bonds is 5. The molecule has 3 nitrogen and oxygen atoms in total. The number of nitrogens with one attached hydrogen (secondary N) is 1. The van der Waals surface area contributed by atoms with Gasteiger partial charge in [0.2, 0.25) is 0 Å². The zero-order valence-electron chi connectivity index (χ0n) is 12.9. The molecule has 1 aromatic carbocycles. The van der Waals surface area contributed by atoms with Crippen LogP contribution in [0.4, 0.5) is 0 Å². The van der Waals surface area contributed by atoms with E-state index in [1.165, 1.54) is 37.7 Å². The maximum absolute atomic E-state index is 9.29. The van der Waals surface area contributed by atoms with Gasteiger partial charge >= 0.3 is 0 Å². The molecule has 0 saturated carbocycles. The van der Waals surface area contributed by atoms with Crippen molar-refractivity contribution in [3.05, 3.63) is 35.4 Å². The molecule has 2 aliphatic rings. The zero-order valence-corrected chi connectivity index (χ0v) is 12.9. The first kappa shape index (κ1) is 14.6. The van der Waals surface area contributed by atoms with Gasteiger partial charge in [-0.1, -0.05) is 25.1 Å². The van der Waals surface area contributed by atoms with Crippen molar-refractivity contribution in [3.63, 3.8) is 0 Å². The minimum atomic E-state index is 0.676. The molecule has 3 rings (SSSR count). The Labute approximate surface area is 128 Å². The van der Waals surface area contributed by atoms with Crippen molar-refractivity contribution in [2.75, 3.05) is 6.54 Å². The molecule has 1 N–H and O–H groups in total. The van der Waals surface area contributed by atoms with Crippen LogP contribution in [0.15, 0.2) is 24.3 Å². The van der Waals surface area contributed by atoms with Gasteiger partial charge in [0, 0.05) is 24.7 Å². The van der Waals surface area contributed by atoms with Crippen LogP contribution in [0.5, 0.6) is 0 Å². The summed E-state index contributed by atoms with van der Waals surface area (Å²) in [5, 5.41) is 13.0. The van der Waals surface area contributed by atoms with E-state index in [0.29, 0.717) is 6.04 Å². The van der Waals surface area contributed by atoms with Crippen LogP contribution in [0.1, 0.15) is 50.2 Å². The van der Waals surface area contributed by atoms with Gasteiger partial charge in [-0.2, -0.15) is 5.26 Å². The highest BCUT2D eigenvalue weighted by molar-refractivity contribution is 5.37. The SMILES string of the molecule is CCCN(Cc1ccccc1C#N)C1CC2CCC(C1)N2. The van der Waals surface area contributed by atoms with E-state index < -0.39 is 0 Å². The highest BCUT2D eigenvalue weighted by Crippen LogP contribution is 2.30. The molecule has 1 aromatic rings. The maximum Gasteiger partial charge on any atom is 0.0995 e. The number of piperidine rings is 1. The molecule has 2 bridgehead atoms. The number of hydrogen-bond acceptors (Lipinski definition) is 3. The molecule has 0 radical (unpaired) electrons. The summed E-state index contributed by atoms with van der Waals surface area (Å²) in [4.78, 5) is 2.61. The van der Waals surface area contributed by atoms with E-state index in [0.717, 1.165) is 30.7 Å². The third kappa shape index (κ3) is 3.28. The molecule has 0 aromatic heterocycles.